The highest BCUT2D eigenvalue weighted by Crippen LogP contribution is 2.25. The fourth-order valence-electron chi connectivity index (χ4n) is 4.24. The van der Waals surface area contributed by atoms with Crippen molar-refractivity contribution in [3.63, 3.8) is 0 Å². The number of carbonyl (C=O) groups is 1. The molecule has 2 saturated heterocycles. The van der Waals surface area contributed by atoms with E-state index in [1.807, 2.05) is 22.1 Å². The lowest BCUT2D eigenvalue weighted by Gasteiger charge is -2.36. The molecule has 0 N–H and O–H groups in total. The number of carbonyl (C=O) groups excluding carboxylic acids is 1. The van der Waals surface area contributed by atoms with Crippen molar-refractivity contribution in [3.8, 4) is 0 Å². The highest BCUT2D eigenvalue weighted by Gasteiger charge is 2.31. The van der Waals surface area contributed by atoms with Crippen molar-refractivity contribution < 1.29 is 14.3 Å². The largest absolute Gasteiger partial charge is 0.381 e. The summed E-state index contributed by atoms with van der Waals surface area (Å²) in [5.74, 6) is 0.628. The minimum atomic E-state index is 0.183. The lowest BCUT2D eigenvalue weighted by Crippen LogP contribution is -2.47. The number of ether oxygens (including phenoxy) is 2. The summed E-state index contributed by atoms with van der Waals surface area (Å²) in [4.78, 5) is 16.8. The molecule has 0 unspecified atom stereocenters. The molecule has 7 nitrogen and oxygen atoms in total. The molecule has 1 aromatic heterocycles. The summed E-state index contributed by atoms with van der Waals surface area (Å²) < 4.78 is 13.4. The van der Waals surface area contributed by atoms with E-state index in [-0.39, 0.29) is 12.1 Å². The van der Waals surface area contributed by atoms with E-state index < -0.39 is 0 Å². The van der Waals surface area contributed by atoms with Crippen molar-refractivity contribution in [2.45, 2.75) is 44.7 Å². The van der Waals surface area contributed by atoms with Gasteiger partial charge in [0.15, 0.2) is 0 Å². The molecule has 4 heterocycles. The molecule has 0 aliphatic carbocycles. The van der Waals surface area contributed by atoms with Gasteiger partial charge in [-0.2, -0.15) is 5.10 Å². The van der Waals surface area contributed by atoms with Crippen molar-refractivity contribution >= 4 is 6.03 Å². The molecule has 4 rings (SSSR count). The molecule has 0 spiro atoms. The molecule has 0 aromatic carbocycles. The van der Waals surface area contributed by atoms with Gasteiger partial charge in [0.25, 0.3) is 0 Å². The van der Waals surface area contributed by atoms with E-state index in [2.05, 4.69) is 9.78 Å². The third-order valence-corrected chi connectivity index (χ3v) is 5.82. The van der Waals surface area contributed by atoms with E-state index in [0.29, 0.717) is 19.1 Å². The maximum atomic E-state index is 12.8. The van der Waals surface area contributed by atoms with Crippen LogP contribution in [0.15, 0.2) is 12.3 Å². The van der Waals surface area contributed by atoms with Crippen LogP contribution in [-0.2, 0) is 16.0 Å². The quantitative estimate of drug-likeness (QED) is 0.754. The smallest absolute Gasteiger partial charge is 0.320 e. The van der Waals surface area contributed by atoms with Crippen molar-refractivity contribution in [2.24, 2.45) is 5.92 Å². The summed E-state index contributed by atoms with van der Waals surface area (Å²) in [6, 6.07) is 2.41. The zero-order valence-electron chi connectivity index (χ0n) is 15.5. The van der Waals surface area contributed by atoms with Crippen molar-refractivity contribution in [2.75, 3.05) is 46.1 Å². The number of nitrogens with zero attached hydrogens (tertiary/aromatic N) is 4. The predicted molar refractivity (Wildman–Crippen MR) is 96.9 cm³/mol. The Hall–Kier alpha value is -1.60. The monoisotopic (exact) mass is 362 g/mol. The van der Waals surface area contributed by atoms with Gasteiger partial charge in [0.2, 0.25) is 0 Å². The van der Waals surface area contributed by atoms with Crippen LogP contribution in [0.2, 0.25) is 0 Å². The molecule has 2 amide bonds. The fraction of sp³-hybridized carbons (Fsp3) is 0.789. The molecule has 144 valence electrons. The molecule has 26 heavy (non-hydrogen) atoms. The first-order chi connectivity index (χ1) is 12.8. The van der Waals surface area contributed by atoms with E-state index >= 15 is 0 Å². The van der Waals surface area contributed by atoms with Crippen LogP contribution in [0, 0.1) is 5.92 Å². The van der Waals surface area contributed by atoms with Crippen LogP contribution in [0.5, 0.6) is 0 Å². The van der Waals surface area contributed by atoms with Gasteiger partial charge in [-0.3, -0.25) is 4.68 Å². The number of urea groups is 1. The molecular formula is C19H30N4O3. The summed E-state index contributed by atoms with van der Waals surface area (Å²) >= 11 is 0. The van der Waals surface area contributed by atoms with E-state index in [4.69, 9.17) is 9.47 Å². The normalized spacial score (nSPS) is 24.1. The Morgan fingerprint density at radius 3 is 2.85 bits per heavy atom. The van der Waals surface area contributed by atoms with Crippen molar-refractivity contribution in [1.82, 2.24) is 19.6 Å². The summed E-state index contributed by atoms with van der Waals surface area (Å²) in [5, 5.41) is 4.49. The molecule has 0 saturated carbocycles. The Kier molecular flexibility index (Phi) is 5.75. The van der Waals surface area contributed by atoms with E-state index in [1.165, 1.54) is 0 Å². The second kappa shape index (κ2) is 8.39. The second-order valence-electron chi connectivity index (χ2n) is 7.70. The van der Waals surface area contributed by atoms with Gasteiger partial charge in [0, 0.05) is 52.3 Å². The van der Waals surface area contributed by atoms with Crippen LogP contribution in [0.4, 0.5) is 4.79 Å². The number of hydrogen-bond acceptors (Lipinski definition) is 4. The van der Waals surface area contributed by atoms with Crippen LogP contribution in [0.3, 0.4) is 0 Å². The van der Waals surface area contributed by atoms with Gasteiger partial charge in [0.1, 0.15) is 0 Å². The predicted octanol–water partition coefficient (Wildman–Crippen LogP) is 2.29. The third-order valence-electron chi connectivity index (χ3n) is 5.82. The van der Waals surface area contributed by atoms with Crippen LogP contribution < -0.4 is 0 Å². The first-order valence-corrected chi connectivity index (χ1v) is 10.0. The van der Waals surface area contributed by atoms with E-state index in [1.54, 1.807) is 0 Å². The van der Waals surface area contributed by atoms with Gasteiger partial charge in [-0.25, -0.2) is 4.79 Å². The fourth-order valence-corrected chi connectivity index (χ4v) is 4.24. The summed E-state index contributed by atoms with van der Waals surface area (Å²) in [7, 11) is 0. The minimum Gasteiger partial charge on any atom is -0.381 e. The number of likely N-dealkylation sites (tertiary alicyclic amines) is 1. The van der Waals surface area contributed by atoms with Crippen LogP contribution in [0.25, 0.3) is 0 Å². The lowest BCUT2D eigenvalue weighted by atomic mass is 10.0. The Bertz CT molecular complexity index is 593. The molecule has 0 radical (unpaired) electrons. The average molecular weight is 362 g/mol. The maximum Gasteiger partial charge on any atom is 0.320 e. The van der Waals surface area contributed by atoms with Crippen LogP contribution >= 0.6 is 0 Å². The minimum absolute atomic E-state index is 0.183. The number of amides is 2. The standard InChI is InChI=1S/C19H30N4O3/c24-19(21-8-1-2-9-21)22-13-17-3-7-20-23(17)18(14-22)6-12-26-15-16-4-10-25-11-5-16/h3,7,16,18H,1-2,4-6,8-15H2/t18-/m0/s1. The highest BCUT2D eigenvalue weighted by molar-refractivity contribution is 5.74. The first-order valence-electron chi connectivity index (χ1n) is 10.0. The number of hydrogen-bond donors (Lipinski definition) is 0. The Morgan fingerprint density at radius 1 is 1.23 bits per heavy atom. The number of rotatable bonds is 5. The molecule has 0 bridgehead atoms. The molecule has 1 aromatic rings. The first kappa shape index (κ1) is 17.8. The molecule has 3 aliphatic rings. The molecular weight excluding hydrogens is 332 g/mol. The van der Waals surface area contributed by atoms with E-state index in [9.17, 15) is 4.79 Å². The Balaban J connectivity index is 1.30. The molecule has 3 aliphatic heterocycles. The van der Waals surface area contributed by atoms with E-state index in [0.717, 1.165) is 77.3 Å². The third kappa shape index (κ3) is 4.04. The topological polar surface area (TPSA) is 59.8 Å². The Morgan fingerprint density at radius 2 is 2.04 bits per heavy atom. The highest BCUT2D eigenvalue weighted by atomic mass is 16.5. The number of aromatic nitrogens is 2. The Labute approximate surface area is 155 Å². The molecule has 2 fully saturated rings. The van der Waals surface area contributed by atoms with Crippen LogP contribution in [0.1, 0.15) is 43.8 Å². The average Bonchev–Trinajstić information content (AvgIpc) is 3.37. The summed E-state index contributed by atoms with van der Waals surface area (Å²) in [5.41, 5.74) is 1.12. The van der Waals surface area contributed by atoms with Crippen LogP contribution in [-0.4, -0.2) is 71.7 Å². The van der Waals surface area contributed by atoms with Crippen molar-refractivity contribution in [3.05, 3.63) is 18.0 Å². The maximum absolute atomic E-state index is 12.8. The molecule has 1 atom stereocenters. The summed E-state index contributed by atoms with van der Waals surface area (Å²) in [6.07, 6.45) is 7.19. The van der Waals surface area contributed by atoms with Gasteiger partial charge in [-0.1, -0.05) is 0 Å². The van der Waals surface area contributed by atoms with Gasteiger partial charge >= 0.3 is 6.03 Å². The zero-order valence-corrected chi connectivity index (χ0v) is 15.5. The van der Waals surface area contributed by atoms with Gasteiger partial charge in [-0.05, 0) is 44.1 Å². The molecule has 7 heteroatoms. The van der Waals surface area contributed by atoms with Gasteiger partial charge in [0.05, 0.1) is 18.3 Å². The summed E-state index contributed by atoms with van der Waals surface area (Å²) in [6.45, 7) is 6.44. The zero-order chi connectivity index (χ0) is 17.8. The number of fused-ring (bicyclic) bond motifs is 1. The van der Waals surface area contributed by atoms with Gasteiger partial charge in [-0.15, -0.1) is 0 Å². The van der Waals surface area contributed by atoms with Gasteiger partial charge < -0.3 is 19.3 Å². The second-order valence-corrected chi connectivity index (χ2v) is 7.70. The lowest BCUT2D eigenvalue weighted by molar-refractivity contribution is 0.0160. The van der Waals surface area contributed by atoms with Crippen molar-refractivity contribution in [1.29, 1.82) is 0 Å². The SMILES string of the molecule is O=C(N1CCCC1)N1Cc2ccnn2[C@@H](CCOCC2CCOCC2)C1.